The van der Waals surface area contributed by atoms with Gasteiger partial charge < -0.3 is 9.30 Å². The quantitative estimate of drug-likeness (QED) is 0.537. The largest absolute Gasteiger partial charge is 0.462 e. The van der Waals surface area contributed by atoms with E-state index in [4.69, 9.17) is 4.74 Å². The normalized spacial score (nSPS) is 16.5. The fourth-order valence-corrected chi connectivity index (χ4v) is 3.59. The van der Waals surface area contributed by atoms with E-state index >= 15 is 0 Å². The lowest BCUT2D eigenvalue weighted by Gasteiger charge is -2.27. The van der Waals surface area contributed by atoms with Crippen LogP contribution in [-0.4, -0.2) is 22.1 Å². The molecule has 1 atom stereocenters. The lowest BCUT2D eigenvalue weighted by molar-refractivity contribution is 0.0524. The van der Waals surface area contributed by atoms with Gasteiger partial charge in [0.25, 0.3) is 0 Å². The van der Waals surface area contributed by atoms with Crippen LogP contribution in [0.15, 0.2) is 35.4 Å². The number of esters is 1. The summed E-state index contributed by atoms with van der Waals surface area (Å²) in [6, 6.07) is 5.88. The summed E-state index contributed by atoms with van der Waals surface area (Å²) in [5.41, 5.74) is 2.77. The molecule has 0 N–H and O–H groups in total. The topological polar surface area (TPSA) is 61.2 Å². The number of hydrogen-bond acceptors (Lipinski definition) is 4. The molecular formula is C19H18N2O3. The fraction of sp³-hybridized carbons (Fsp3) is 0.316. The highest BCUT2D eigenvalue weighted by atomic mass is 16.5. The molecule has 0 amide bonds. The Morgan fingerprint density at radius 1 is 1.46 bits per heavy atom. The minimum Gasteiger partial charge on any atom is -0.462 e. The van der Waals surface area contributed by atoms with Crippen LogP contribution >= 0.6 is 0 Å². The van der Waals surface area contributed by atoms with Gasteiger partial charge in [0.15, 0.2) is 0 Å². The van der Waals surface area contributed by atoms with Gasteiger partial charge in [-0.15, -0.1) is 0 Å². The number of hydrogen-bond donors (Lipinski definition) is 0. The van der Waals surface area contributed by atoms with Crippen molar-refractivity contribution in [2.45, 2.75) is 32.7 Å². The van der Waals surface area contributed by atoms with E-state index in [-0.39, 0.29) is 23.6 Å². The Hall–Kier alpha value is -2.69. The van der Waals surface area contributed by atoms with Crippen LogP contribution in [0.25, 0.3) is 21.8 Å². The van der Waals surface area contributed by atoms with Crippen molar-refractivity contribution in [3.05, 3.63) is 51.9 Å². The molecule has 0 fully saturated rings. The van der Waals surface area contributed by atoms with Gasteiger partial charge in [0, 0.05) is 34.8 Å². The molecule has 0 bridgehead atoms. The molecule has 0 radical (unpaired) electrons. The SMILES string of the molecule is CCOC(=O)c1cn2c3c(c4ncccc4cc3c1=O)CCC2C. The maximum atomic E-state index is 12.9. The van der Waals surface area contributed by atoms with Crippen LogP contribution in [-0.2, 0) is 11.2 Å². The number of carbonyl (C=O) groups excluding carboxylic acids is 1. The monoisotopic (exact) mass is 322 g/mol. The van der Waals surface area contributed by atoms with Crippen molar-refractivity contribution < 1.29 is 9.53 Å². The van der Waals surface area contributed by atoms with E-state index in [9.17, 15) is 9.59 Å². The van der Waals surface area contributed by atoms with Crippen LogP contribution in [0.5, 0.6) is 0 Å². The highest BCUT2D eigenvalue weighted by molar-refractivity contribution is 6.02. The Bertz CT molecular complexity index is 1040. The van der Waals surface area contributed by atoms with Gasteiger partial charge in [0.2, 0.25) is 5.43 Å². The van der Waals surface area contributed by atoms with E-state index in [2.05, 4.69) is 11.9 Å². The van der Waals surface area contributed by atoms with Crippen molar-refractivity contribution in [1.29, 1.82) is 0 Å². The Kier molecular flexibility index (Phi) is 3.37. The van der Waals surface area contributed by atoms with Crippen LogP contribution in [0, 0.1) is 0 Å². The maximum absolute atomic E-state index is 12.9. The molecule has 1 aliphatic heterocycles. The first-order chi connectivity index (χ1) is 11.6. The second-order valence-electron chi connectivity index (χ2n) is 6.21. The molecule has 0 spiro atoms. The number of carbonyl (C=O) groups is 1. The highest BCUT2D eigenvalue weighted by Crippen LogP contribution is 2.34. The summed E-state index contributed by atoms with van der Waals surface area (Å²) in [5.74, 6) is -0.557. The first-order valence-corrected chi connectivity index (χ1v) is 8.24. The third-order valence-corrected chi connectivity index (χ3v) is 4.76. The molecular weight excluding hydrogens is 304 g/mol. The highest BCUT2D eigenvalue weighted by Gasteiger charge is 2.25. The predicted molar refractivity (Wildman–Crippen MR) is 92.5 cm³/mol. The number of ether oxygens (including phenoxy) is 1. The van der Waals surface area contributed by atoms with E-state index < -0.39 is 5.97 Å². The zero-order valence-electron chi connectivity index (χ0n) is 13.7. The number of aromatic nitrogens is 2. The van der Waals surface area contributed by atoms with E-state index in [1.807, 2.05) is 22.8 Å². The Morgan fingerprint density at radius 3 is 3.08 bits per heavy atom. The standard InChI is InChI=1S/C19H18N2O3/c1-3-24-19(23)15-10-21-11(2)6-7-13-16-12(5-4-8-20-16)9-14(17(13)21)18(15)22/h4-5,8-11H,3,6-7H2,1-2H3. The lowest BCUT2D eigenvalue weighted by atomic mass is 9.93. The third-order valence-electron chi connectivity index (χ3n) is 4.76. The van der Waals surface area contributed by atoms with Gasteiger partial charge in [0.05, 0.1) is 17.6 Å². The molecule has 2 aromatic heterocycles. The summed E-state index contributed by atoms with van der Waals surface area (Å²) >= 11 is 0. The number of benzene rings is 1. The molecule has 122 valence electrons. The van der Waals surface area contributed by atoms with E-state index in [0.29, 0.717) is 5.39 Å². The summed E-state index contributed by atoms with van der Waals surface area (Å²) < 4.78 is 7.10. The molecule has 3 aromatic rings. The first-order valence-electron chi connectivity index (χ1n) is 8.24. The van der Waals surface area contributed by atoms with Crippen LogP contribution in [0.2, 0.25) is 0 Å². The first kappa shape index (κ1) is 14.9. The molecule has 0 aliphatic carbocycles. The fourth-order valence-electron chi connectivity index (χ4n) is 3.59. The second kappa shape index (κ2) is 5.44. The van der Waals surface area contributed by atoms with Crippen molar-refractivity contribution >= 4 is 27.8 Å². The maximum Gasteiger partial charge on any atom is 0.343 e. The van der Waals surface area contributed by atoms with Crippen LogP contribution in [0.3, 0.4) is 0 Å². The summed E-state index contributed by atoms with van der Waals surface area (Å²) in [7, 11) is 0. The minimum atomic E-state index is -0.557. The lowest BCUT2D eigenvalue weighted by Crippen LogP contribution is -2.25. The molecule has 0 saturated heterocycles. The molecule has 3 heterocycles. The van der Waals surface area contributed by atoms with Crippen LogP contribution in [0.1, 0.15) is 42.2 Å². The second-order valence-corrected chi connectivity index (χ2v) is 6.21. The molecule has 4 rings (SSSR count). The zero-order valence-corrected chi connectivity index (χ0v) is 13.7. The van der Waals surface area contributed by atoms with E-state index in [1.165, 1.54) is 0 Å². The Morgan fingerprint density at radius 2 is 2.29 bits per heavy atom. The van der Waals surface area contributed by atoms with Gasteiger partial charge in [0.1, 0.15) is 5.56 Å². The van der Waals surface area contributed by atoms with Gasteiger partial charge in [-0.05, 0) is 38.8 Å². The molecule has 24 heavy (non-hydrogen) atoms. The average Bonchev–Trinajstić information content (AvgIpc) is 2.59. The van der Waals surface area contributed by atoms with Gasteiger partial charge in [-0.25, -0.2) is 4.79 Å². The smallest absolute Gasteiger partial charge is 0.343 e. The van der Waals surface area contributed by atoms with Crippen molar-refractivity contribution in [2.75, 3.05) is 6.61 Å². The van der Waals surface area contributed by atoms with Gasteiger partial charge >= 0.3 is 5.97 Å². The summed E-state index contributed by atoms with van der Waals surface area (Å²) in [6.45, 7) is 4.09. The van der Waals surface area contributed by atoms with Crippen molar-refractivity contribution in [3.8, 4) is 0 Å². The van der Waals surface area contributed by atoms with Gasteiger partial charge in [-0.2, -0.15) is 0 Å². The van der Waals surface area contributed by atoms with Gasteiger partial charge in [-0.1, -0.05) is 6.07 Å². The molecule has 1 aliphatic rings. The number of rotatable bonds is 2. The van der Waals surface area contributed by atoms with E-state index in [1.54, 1.807) is 19.3 Å². The summed E-state index contributed by atoms with van der Waals surface area (Å²) in [5, 5.41) is 1.50. The molecule has 1 unspecified atom stereocenters. The van der Waals surface area contributed by atoms with Crippen LogP contribution in [0.4, 0.5) is 0 Å². The average molecular weight is 322 g/mol. The Labute approximate surface area is 138 Å². The molecule has 1 aromatic carbocycles. The molecule has 5 nitrogen and oxygen atoms in total. The zero-order chi connectivity index (χ0) is 16.8. The van der Waals surface area contributed by atoms with Crippen molar-refractivity contribution in [1.82, 2.24) is 9.55 Å². The predicted octanol–water partition coefficient (Wildman–Crippen LogP) is 3.23. The van der Waals surface area contributed by atoms with Crippen LogP contribution < -0.4 is 5.43 Å². The summed E-state index contributed by atoms with van der Waals surface area (Å²) in [4.78, 5) is 29.6. The van der Waals surface area contributed by atoms with Crippen molar-refractivity contribution in [3.63, 3.8) is 0 Å². The Balaban J connectivity index is 2.16. The van der Waals surface area contributed by atoms with E-state index in [0.717, 1.165) is 34.8 Å². The number of pyridine rings is 2. The minimum absolute atomic E-state index is 0.104. The van der Waals surface area contributed by atoms with Crippen molar-refractivity contribution in [2.24, 2.45) is 0 Å². The number of aryl methyl sites for hydroxylation is 1. The third kappa shape index (κ3) is 2.04. The molecule has 5 heteroatoms. The number of nitrogens with zero attached hydrogens (tertiary/aromatic N) is 2. The summed E-state index contributed by atoms with van der Waals surface area (Å²) in [6.07, 6.45) is 5.26. The number of fused-ring (bicyclic) bond motifs is 2. The molecule has 0 saturated carbocycles. The van der Waals surface area contributed by atoms with Gasteiger partial charge in [-0.3, -0.25) is 9.78 Å².